The number of nitrogens with two attached hydrogens (primary N) is 2. The zero-order valence-corrected chi connectivity index (χ0v) is 11.4. The summed E-state index contributed by atoms with van der Waals surface area (Å²) in [4.78, 5) is 4.64. The fourth-order valence-electron chi connectivity index (χ4n) is 1.61. The molecule has 0 spiro atoms. The van der Waals surface area contributed by atoms with Gasteiger partial charge in [0.05, 0.1) is 5.69 Å². The summed E-state index contributed by atoms with van der Waals surface area (Å²) in [6.07, 6.45) is 0. The fraction of sp³-hybridized carbons (Fsp3) is 0.0714. The Labute approximate surface area is 117 Å². The molecule has 0 unspecified atom stereocenters. The molecule has 0 aliphatic carbocycles. The molecule has 2 aromatic carbocycles. The van der Waals surface area contributed by atoms with Crippen LogP contribution in [0.15, 0.2) is 52.4 Å². The summed E-state index contributed by atoms with van der Waals surface area (Å²) >= 11 is 4.38. The number of anilines is 1. The predicted octanol–water partition coefficient (Wildman–Crippen LogP) is 2.68. The average Bonchev–Trinajstić information content (AvgIpc) is 2.41. The Morgan fingerprint density at radius 2 is 1.95 bits per heavy atom. The maximum absolute atomic E-state index is 5.82. The van der Waals surface area contributed by atoms with E-state index in [1.165, 1.54) is 0 Å². The van der Waals surface area contributed by atoms with Gasteiger partial charge >= 0.3 is 0 Å². The van der Waals surface area contributed by atoms with Crippen LogP contribution in [0.5, 0.6) is 11.5 Å². The number of rotatable bonds is 3. The van der Waals surface area contributed by atoms with E-state index >= 15 is 0 Å². The highest BCUT2D eigenvalue weighted by molar-refractivity contribution is 7.80. The first kappa shape index (κ1) is 13.3. The van der Waals surface area contributed by atoms with E-state index in [0.29, 0.717) is 27.9 Å². The van der Waals surface area contributed by atoms with Crippen LogP contribution in [0, 0.1) is 0 Å². The lowest BCUT2D eigenvalue weighted by Gasteiger charge is -2.10. The number of nitrogens with zero attached hydrogens (tertiary/aromatic N) is 1. The third kappa shape index (κ3) is 3.00. The molecule has 5 heteroatoms. The number of ether oxygens (including phenoxy) is 1. The van der Waals surface area contributed by atoms with Gasteiger partial charge in [0.1, 0.15) is 17.3 Å². The van der Waals surface area contributed by atoms with E-state index < -0.39 is 0 Å². The summed E-state index contributed by atoms with van der Waals surface area (Å²) in [7, 11) is 1.64. The number of thiol groups is 1. The summed E-state index contributed by atoms with van der Waals surface area (Å²) in [6.45, 7) is 0. The summed E-state index contributed by atoms with van der Waals surface area (Å²) in [5, 5.41) is 0. The molecule has 4 N–H and O–H groups in total. The van der Waals surface area contributed by atoms with Crippen molar-refractivity contribution in [1.29, 1.82) is 0 Å². The van der Waals surface area contributed by atoms with Crippen molar-refractivity contribution in [2.45, 2.75) is 4.90 Å². The smallest absolute Gasteiger partial charge is 0.150 e. The average molecular weight is 273 g/mol. The van der Waals surface area contributed by atoms with Gasteiger partial charge in [-0.3, -0.25) is 4.99 Å². The van der Waals surface area contributed by atoms with Crippen LogP contribution in [0.25, 0.3) is 0 Å². The third-order valence-electron chi connectivity index (χ3n) is 2.63. The minimum Gasteiger partial charge on any atom is -0.455 e. The molecule has 0 atom stereocenters. The van der Waals surface area contributed by atoms with Gasteiger partial charge < -0.3 is 16.2 Å². The standard InChI is InChI=1S/C14H15N3OS/c1-17-14(16)10-7-6-9(8-13(10)19)18-12-5-3-2-4-11(12)15/h2-8,19H,15H2,1H3,(H2,16,17). The molecular formula is C14H15N3OS. The van der Waals surface area contributed by atoms with Gasteiger partial charge in [-0.2, -0.15) is 0 Å². The molecule has 2 aromatic rings. The minimum atomic E-state index is 0.441. The van der Waals surface area contributed by atoms with E-state index in [2.05, 4.69) is 17.6 Å². The van der Waals surface area contributed by atoms with Gasteiger partial charge in [-0.25, -0.2) is 0 Å². The van der Waals surface area contributed by atoms with Crippen molar-refractivity contribution in [2.75, 3.05) is 12.8 Å². The number of hydrogen-bond donors (Lipinski definition) is 3. The summed E-state index contributed by atoms with van der Waals surface area (Å²) < 4.78 is 5.70. The van der Waals surface area contributed by atoms with Crippen molar-refractivity contribution in [2.24, 2.45) is 10.7 Å². The number of aliphatic imine (C=N–C) groups is 1. The van der Waals surface area contributed by atoms with E-state index in [1.54, 1.807) is 25.2 Å². The Hall–Kier alpha value is -2.14. The van der Waals surface area contributed by atoms with Crippen LogP contribution in [0.4, 0.5) is 5.69 Å². The van der Waals surface area contributed by atoms with Gasteiger partial charge in [0.25, 0.3) is 0 Å². The molecular weight excluding hydrogens is 258 g/mol. The van der Waals surface area contributed by atoms with Gasteiger partial charge in [-0.15, -0.1) is 12.6 Å². The van der Waals surface area contributed by atoms with Crippen LogP contribution in [-0.2, 0) is 0 Å². The molecule has 4 nitrogen and oxygen atoms in total. The van der Waals surface area contributed by atoms with Crippen LogP contribution in [0.1, 0.15) is 5.56 Å². The van der Waals surface area contributed by atoms with Crippen molar-refractivity contribution >= 4 is 24.2 Å². The Morgan fingerprint density at radius 3 is 2.58 bits per heavy atom. The van der Waals surface area contributed by atoms with Crippen molar-refractivity contribution in [3.05, 3.63) is 48.0 Å². The second-order valence-electron chi connectivity index (χ2n) is 3.93. The van der Waals surface area contributed by atoms with Crippen LogP contribution >= 0.6 is 12.6 Å². The Kier molecular flexibility index (Phi) is 3.97. The van der Waals surface area contributed by atoms with Gasteiger partial charge in [0.15, 0.2) is 0 Å². The van der Waals surface area contributed by atoms with Gasteiger partial charge in [-0.1, -0.05) is 12.1 Å². The minimum absolute atomic E-state index is 0.441. The molecule has 0 saturated heterocycles. The van der Waals surface area contributed by atoms with Crippen LogP contribution in [0.2, 0.25) is 0 Å². The molecule has 0 aliphatic heterocycles. The highest BCUT2D eigenvalue weighted by Crippen LogP contribution is 2.29. The molecule has 0 amide bonds. The van der Waals surface area contributed by atoms with Crippen molar-refractivity contribution < 1.29 is 4.74 Å². The molecule has 0 bridgehead atoms. The lowest BCUT2D eigenvalue weighted by atomic mass is 10.2. The molecule has 98 valence electrons. The van der Waals surface area contributed by atoms with E-state index in [1.807, 2.05) is 24.3 Å². The quantitative estimate of drug-likeness (QED) is 0.348. The zero-order chi connectivity index (χ0) is 13.8. The monoisotopic (exact) mass is 273 g/mol. The van der Waals surface area contributed by atoms with Crippen molar-refractivity contribution in [3.63, 3.8) is 0 Å². The van der Waals surface area contributed by atoms with E-state index in [4.69, 9.17) is 16.2 Å². The number of para-hydroxylation sites is 2. The molecule has 0 saturated carbocycles. The first-order valence-corrected chi connectivity index (χ1v) is 6.14. The number of benzene rings is 2. The molecule has 0 radical (unpaired) electrons. The molecule has 0 aliphatic rings. The van der Waals surface area contributed by atoms with Crippen LogP contribution in [-0.4, -0.2) is 12.9 Å². The maximum atomic E-state index is 5.82. The lowest BCUT2D eigenvalue weighted by Crippen LogP contribution is -2.13. The van der Waals surface area contributed by atoms with Crippen LogP contribution < -0.4 is 16.2 Å². The molecule has 0 aromatic heterocycles. The summed E-state index contributed by atoms with van der Waals surface area (Å²) in [5.74, 6) is 1.70. The Bertz CT molecular complexity index is 626. The Balaban J connectivity index is 2.29. The third-order valence-corrected chi connectivity index (χ3v) is 3.00. The number of hydrogen-bond acceptors (Lipinski definition) is 4. The normalized spacial score (nSPS) is 11.4. The van der Waals surface area contributed by atoms with E-state index in [9.17, 15) is 0 Å². The van der Waals surface area contributed by atoms with Gasteiger partial charge in [-0.05, 0) is 30.3 Å². The predicted molar refractivity (Wildman–Crippen MR) is 81.3 cm³/mol. The first-order chi connectivity index (χ1) is 9.11. The molecule has 2 rings (SSSR count). The molecule has 0 heterocycles. The van der Waals surface area contributed by atoms with E-state index in [-0.39, 0.29) is 0 Å². The second kappa shape index (κ2) is 5.67. The van der Waals surface area contributed by atoms with Gasteiger partial charge in [0.2, 0.25) is 0 Å². The fourth-order valence-corrected chi connectivity index (χ4v) is 1.93. The largest absolute Gasteiger partial charge is 0.455 e. The molecule has 0 fully saturated rings. The maximum Gasteiger partial charge on any atom is 0.150 e. The van der Waals surface area contributed by atoms with Crippen molar-refractivity contribution in [3.8, 4) is 11.5 Å². The lowest BCUT2D eigenvalue weighted by molar-refractivity contribution is 0.483. The van der Waals surface area contributed by atoms with E-state index in [0.717, 1.165) is 5.56 Å². The number of amidine groups is 1. The highest BCUT2D eigenvalue weighted by atomic mass is 32.1. The Morgan fingerprint density at radius 1 is 1.21 bits per heavy atom. The van der Waals surface area contributed by atoms with Crippen LogP contribution in [0.3, 0.4) is 0 Å². The zero-order valence-electron chi connectivity index (χ0n) is 10.5. The van der Waals surface area contributed by atoms with Gasteiger partial charge in [0, 0.05) is 17.5 Å². The topological polar surface area (TPSA) is 73.6 Å². The first-order valence-electron chi connectivity index (χ1n) is 5.70. The summed E-state index contributed by atoms with van der Waals surface area (Å²) in [6, 6.07) is 12.7. The molecule has 19 heavy (non-hydrogen) atoms. The highest BCUT2D eigenvalue weighted by Gasteiger charge is 2.06. The van der Waals surface area contributed by atoms with Crippen molar-refractivity contribution in [1.82, 2.24) is 0 Å². The second-order valence-corrected chi connectivity index (χ2v) is 4.41. The summed E-state index contributed by atoms with van der Waals surface area (Å²) in [5.41, 5.74) is 12.9. The SMILES string of the molecule is CN=C(N)c1ccc(Oc2ccccc2N)cc1S. The number of nitrogen functional groups attached to an aromatic ring is 1.